The molecule has 0 saturated carbocycles. The zero-order valence-electron chi connectivity index (χ0n) is 10.9. The highest BCUT2D eigenvalue weighted by molar-refractivity contribution is 7.09. The van der Waals surface area contributed by atoms with Crippen LogP contribution in [-0.2, 0) is 6.42 Å². The first kappa shape index (κ1) is 15.4. The van der Waals surface area contributed by atoms with Crippen molar-refractivity contribution in [3.63, 3.8) is 0 Å². The Morgan fingerprint density at radius 1 is 1.38 bits per heavy atom. The fraction of sp³-hybridized carbons (Fsp3) is 0.154. The molecule has 6 nitrogen and oxygen atoms in total. The van der Waals surface area contributed by atoms with Crippen molar-refractivity contribution in [2.24, 2.45) is 11.5 Å². The van der Waals surface area contributed by atoms with Crippen LogP contribution in [0.15, 0.2) is 23.6 Å². The maximum atomic E-state index is 12.1. The third-order valence-electron chi connectivity index (χ3n) is 2.63. The van der Waals surface area contributed by atoms with E-state index in [1.165, 1.54) is 23.5 Å². The van der Waals surface area contributed by atoms with Crippen LogP contribution in [0.2, 0.25) is 5.02 Å². The number of nitrogens with two attached hydrogens (primary N) is 2. The molecule has 1 heterocycles. The second-order valence-corrected chi connectivity index (χ2v) is 5.53. The normalized spacial score (nSPS) is 10.4. The van der Waals surface area contributed by atoms with Crippen molar-refractivity contribution < 1.29 is 9.59 Å². The number of hydrogen-bond donors (Lipinski definition) is 3. The van der Waals surface area contributed by atoms with Crippen LogP contribution in [0.4, 0.5) is 5.69 Å². The summed E-state index contributed by atoms with van der Waals surface area (Å²) >= 11 is 7.22. The molecule has 2 aromatic rings. The molecular weight excluding hydrogens is 312 g/mol. The monoisotopic (exact) mass is 324 g/mol. The first-order valence-corrected chi connectivity index (χ1v) is 7.32. The quantitative estimate of drug-likeness (QED) is 0.776. The molecule has 0 spiro atoms. The molecule has 1 aromatic heterocycles. The largest absolute Gasteiger partial charge is 0.366 e. The lowest BCUT2D eigenvalue weighted by molar-refractivity contribution is 0.0995. The SMILES string of the molecule is NCCc1nc(C(=O)Nc2ccc(Cl)c(C(N)=O)c2)cs1. The maximum absolute atomic E-state index is 12.1. The first-order valence-electron chi connectivity index (χ1n) is 6.06. The summed E-state index contributed by atoms with van der Waals surface area (Å²) in [5.74, 6) is -1.03. The summed E-state index contributed by atoms with van der Waals surface area (Å²) in [7, 11) is 0. The highest BCUT2D eigenvalue weighted by Crippen LogP contribution is 2.21. The number of primary amides is 1. The van der Waals surface area contributed by atoms with Crippen molar-refractivity contribution >= 4 is 40.4 Å². The Hall–Kier alpha value is -1.96. The number of aromatic nitrogens is 1. The van der Waals surface area contributed by atoms with Crippen molar-refractivity contribution in [3.05, 3.63) is 44.9 Å². The number of nitrogens with zero attached hydrogens (tertiary/aromatic N) is 1. The molecule has 8 heteroatoms. The van der Waals surface area contributed by atoms with Crippen molar-refractivity contribution in [1.82, 2.24) is 4.98 Å². The van der Waals surface area contributed by atoms with Gasteiger partial charge in [-0.15, -0.1) is 11.3 Å². The summed E-state index contributed by atoms with van der Waals surface area (Å²) < 4.78 is 0. The van der Waals surface area contributed by atoms with E-state index in [0.717, 1.165) is 5.01 Å². The second kappa shape index (κ2) is 6.66. The predicted molar refractivity (Wildman–Crippen MR) is 82.8 cm³/mol. The van der Waals surface area contributed by atoms with Gasteiger partial charge in [-0.3, -0.25) is 9.59 Å². The number of thiazole rings is 1. The van der Waals surface area contributed by atoms with Crippen molar-refractivity contribution in [2.45, 2.75) is 6.42 Å². The number of rotatable bonds is 5. The third-order valence-corrected chi connectivity index (χ3v) is 3.87. The lowest BCUT2D eigenvalue weighted by Gasteiger charge is -2.06. The fourth-order valence-corrected chi connectivity index (χ4v) is 2.65. The van der Waals surface area contributed by atoms with Crippen LogP contribution in [0, 0.1) is 0 Å². The predicted octanol–water partition coefficient (Wildman–Crippen LogP) is 1.65. The molecular formula is C13H13ClN4O2S. The summed E-state index contributed by atoms with van der Waals surface area (Å²) in [5, 5.41) is 5.34. The number of carbonyl (C=O) groups excluding carboxylic acids is 2. The molecule has 2 rings (SSSR count). The average Bonchev–Trinajstić information content (AvgIpc) is 2.90. The molecule has 1 aromatic carbocycles. The minimum Gasteiger partial charge on any atom is -0.366 e. The lowest BCUT2D eigenvalue weighted by atomic mass is 10.2. The molecule has 0 unspecified atom stereocenters. The first-order chi connectivity index (χ1) is 10.0. The van der Waals surface area contributed by atoms with Crippen LogP contribution in [-0.4, -0.2) is 23.3 Å². The maximum Gasteiger partial charge on any atom is 0.275 e. The van der Waals surface area contributed by atoms with E-state index in [4.69, 9.17) is 23.1 Å². The van der Waals surface area contributed by atoms with Gasteiger partial charge in [0.25, 0.3) is 5.91 Å². The van der Waals surface area contributed by atoms with E-state index >= 15 is 0 Å². The molecule has 2 amide bonds. The van der Waals surface area contributed by atoms with Crippen LogP contribution in [0.3, 0.4) is 0 Å². The Morgan fingerprint density at radius 2 is 2.14 bits per heavy atom. The number of benzene rings is 1. The molecule has 0 aliphatic heterocycles. The summed E-state index contributed by atoms with van der Waals surface area (Å²) in [6.45, 7) is 0.480. The number of amides is 2. The molecule has 0 bridgehead atoms. The van der Waals surface area contributed by atoms with Gasteiger partial charge in [0.1, 0.15) is 5.69 Å². The Morgan fingerprint density at radius 3 is 2.81 bits per heavy atom. The Kier molecular flexibility index (Phi) is 4.89. The highest BCUT2D eigenvalue weighted by atomic mass is 35.5. The van der Waals surface area contributed by atoms with E-state index < -0.39 is 5.91 Å². The van der Waals surface area contributed by atoms with Crippen molar-refractivity contribution in [3.8, 4) is 0 Å². The van der Waals surface area contributed by atoms with Gasteiger partial charge < -0.3 is 16.8 Å². The number of anilines is 1. The average molecular weight is 325 g/mol. The van der Waals surface area contributed by atoms with Crippen molar-refractivity contribution in [1.29, 1.82) is 0 Å². The molecule has 0 aliphatic carbocycles. The minimum atomic E-state index is -0.657. The van der Waals surface area contributed by atoms with Gasteiger partial charge in [-0.05, 0) is 24.7 Å². The molecule has 5 N–H and O–H groups in total. The molecule has 0 radical (unpaired) electrons. The number of carbonyl (C=O) groups is 2. The van der Waals surface area contributed by atoms with E-state index in [9.17, 15) is 9.59 Å². The van der Waals surface area contributed by atoms with E-state index in [1.807, 2.05) is 0 Å². The molecule has 110 valence electrons. The molecule has 0 saturated heterocycles. The minimum absolute atomic E-state index is 0.150. The van der Waals surface area contributed by atoms with Gasteiger partial charge in [-0.25, -0.2) is 4.98 Å². The van der Waals surface area contributed by atoms with Crippen LogP contribution in [0.1, 0.15) is 25.9 Å². The highest BCUT2D eigenvalue weighted by Gasteiger charge is 2.13. The smallest absolute Gasteiger partial charge is 0.275 e. The number of nitrogens with one attached hydrogen (secondary N) is 1. The standard InChI is InChI=1S/C13H13ClN4O2S/c14-9-2-1-7(5-8(9)12(16)19)17-13(20)10-6-21-11(18-10)3-4-15/h1-2,5-6H,3-4,15H2,(H2,16,19)(H,17,20). The molecule has 0 aliphatic rings. The van der Waals surface area contributed by atoms with Crippen molar-refractivity contribution in [2.75, 3.05) is 11.9 Å². The van der Waals surface area contributed by atoms with Gasteiger partial charge in [0.15, 0.2) is 0 Å². The van der Waals surface area contributed by atoms with E-state index in [0.29, 0.717) is 24.3 Å². The van der Waals surface area contributed by atoms with Gasteiger partial charge in [-0.2, -0.15) is 0 Å². The Labute approximate surface area is 130 Å². The van der Waals surface area contributed by atoms with Crippen LogP contribution < -0.4 is 16.8 Å². The third kappa shape index (κ3) is 3.78. The Balaban J connectivity index is 2.15. The molecule has 0 atom stereocenters. The van der Waals surface area contributed by atoms with E-state index in [-0.39, 0.29) is 16.5 Å². The number of hydrogen-bond acceptors (Lipinski definition) is 5. The van der Waals surface area contributed by atoms with Gasteiger partial charge in [-0.1, -0.05) is 11.6 Å². The zero-order chi connectivity index (χ0) is 15.4. The molecule has 0 fully saturated rings. The molecule has 21 heavy (non-hydrogen) atoms. The van der Waals surface area contributed by atoms with Crippen LogP contribution in [0.5, 0.6) is 0 Å². The van der Waals surface area contributed by atoms with E-state index in [2.05, 4.69) is 10.3 Å². The summed E-state index contributed by atoms with van der Waals surface area (Å²) in [4.78, 5) is 27.4. The van der Waals surface area contributed by atoms with Gasteiger partial charge in [0, 0.05) is 17.5 Å². The van der Waals surface area contributed by atoms with Gasteiger partial charge in [0.05, 0.1) is 15.6 Å². The lowest BCUT2D eigenvalue weighted by Crippen LogP contribution is -2.15. The topological polar surface area (TPSA) is 111 Å². The van der Waals surface area contributed by atoms with E-state index in [1.54, 1.807) is 11.4 Å². The fourth-order valence-electron chi connectivity index (χ4n) is 1.64. The summed E-state index contributed by atoms with van der Waals surface area (Å²) in [6.07, 6.45) is 0.630. The van der Waals surface area contributed by atoms with Gasteiger partial charge >= 0.3 is 0 Å². The summed E-state index contributed by atoms with van der Waals surface area (Å²) in [6, 6.07) is 4.51. The zero-order valence-corrected chi connectivity index (χ0v) is 12.5. The number of halogens is 1. The van der Waals surface area contributed by atoms with Crippen LogP contribution >= 0.6 is 22.9 Å². The summed E-state index contributed by atoms with van der Waals surface area (Å²) in [5.41, 5.74) is 11.5. The second-order valence-electron chi connectivity index (χ2n) is 4.18. The van der Waals surface area contributed by atoms with Crippen LogP contribution in [0.25, 0.3) is 0 Å². The Bertz CT molecular complexity index is 687. The van der Waals surface area contributed by atoms with Gasteiger partial charge in [0.2, 0.25) is 5.91 Å².